The zero-order valence-electron chi connectivity index (χ0n) is 48.0. The van der Waals surface area contributed by atoms with Gasteiger partial charge in [0.2, 0.25) is 0 Å². The fourth-order valence-electron chi connectivity index (χ4n) is 14.3. The summed E-state index contributed by atoms with van der Waals surface area (Å²) in [7, 11) is 0. The van der Waals surface area contributed by atoms with Gasteiger partial charge in [-0.1, -0.05) is 155 Å². The van der Waals surface area contributed by atoms with Gasteiger partial charge in [0, 0.05) is 55.0 Å². The lowest BCUT2D eigenvalue weighted by atomic mass is 9.35. The number of rotatable bonds is 5. The Kier molecular flexibility index (Phi) is 10.6. The number of thiophene rings is 1. The van der Waals surface area contributed by atoms with E-state index < -0.39 is 0 Å². The lowest BCUT2D eigenvalue weighted by Crippen LogP contribution is -2.61. The van der Waals surface area contributed by atoms with Crippen molar-refractivity contribution in [1.29, 1.82) is 0 Å². The molecule has 6 heteroatoms. The van der Waals surface area contributed by atoms with Gasteiger partial charge in [0.1, 0.15) is 5.58 Å². The third-order valence-corrected chi connectivity index (χ3v) is 20.3. The van der Waals surface area contributed by atoms with Crippen molar-refractivity contribution in [2.45, 2.75) is 143 Å². The van der Waals surface area contributed by atoms with Gasteiger partial charge in [-0.2, -0.15) is 0 Å². The summed E-state index contributed by atoms with van der Waals surface area (Å²) in [5.74, 6) is 0. The first-order valence-electron chi connectivity index (χ1n) is 28.6. The number of fused-ring (bicyclic) bond motifs is 11. The van der Waals surface area contributed by atoms with Crippen LogP contribution in [0.25, 0.3) is 31.1 Å². The molecule has 4 nitrogen and oxygen atoms in total. The van der Waals surface area contributed by atoms with E-state index in [1.807, 2.05) is 11.3 Å². The summed E-state index contributed by atoms with van der Waals surface area (Å²) in [4.78, 5) is 7.82. The van der Waals surface area contributed by atoms with Crippen LogP contribution in [0.15, 0.2) is 156 Å². The molecule has 0 spiro atoms. The standard InChI is InChI=1S/C72H72BN3OS/c1-43-20-18-22-47(36-43)74(57-25-16-14-21-44(57)2)48-37-60-64-61(38-48)76(58-26-19-24-50-49-23-15-17-27-63(49)78-66(50)58)59-41-54-53(70(8,9)33-34-71(54,10)11)40-56(59)73(64)67-65(75(60)46-30-28-45(29-31-46)68(3,4)5)51-39-52-55(42-62(51)77-67)72(12,13)35-32-69(52,6)7/h14-31,36-42H,32-35H2,1-13H3. The number of hydrogen-bond acceptors (Lipinski definition) is 5. The summed E-state index contributed by atoms with van der Waals surface area (Å²) >= 11 is 1.91. The van der Waals surface area contributed by atoms with Gasteiger partial charge in [0.15, 0.2) is 0 Å². The van der Waals surface area contributed by atoms with E-state index in [-0.39, 0.29) is 33.8 Å². The second-order valence-corrected chi connectivity index (χ2v) is 28.3. The zero-order chi connectivity index (χ0) is 54.2. The van der Waals surface area contributed by atoms with Crippen LogP contribution in [0.4, 0.5) is 51.2 Å². The maximum Gasteiger partial charge on any atom is 0.297 e. The molecule has 2 aliphatic carbocycles. The van der Waals surface area contributed by atoms with E-state index in [0.717, 1.165) is 65.4 Å². The van der Waals surface area contributed by atoms with Crippen molar-refractivity contribution in [2.24, 2.45) is 0 Å². The Morgan fingerprint density at radius 2 is 1.13 bits per heavy atom. The fraction of sp³-hybridized carbons (Fsp3) is 0.306. The first-order valence-corrected chi connectivity index (χ1v) is 29.4. The quantitative estimate of drug-likeness (QED) is 0.160. The van der Waals surface area contributed by atoms with Gasteiger partial charge in [-0.15, -0.1) is 11.3 Å². The number of para-hydroxylation sites is 1. The van der Waals surface area contributed by atoms with E-state index in [4.69, 9.17) is 4.42 Å². The van der Waals surface area contributed by atoms with Gasteiger partial charge in [-0.25, -0.2) is 0 Å². The second-order valence-electron chi connectivity index (χ2n) is 27.2. The topological polar surface area (TPSA) is 22.9 Å². The maximum absolute atomic E-state index is 7.82. The van der Waals surface area contributed by atoms with Gasteiger partial charge in [-0.05, 0) is 189 Å². The monoisotopic (exact) mass is 1040 g/mol. The van der Waals surface area contributed by atoms with Gasteiger partial charge in [0.25, 0.3) is 6.71 Å². The molecule has 0 saturated carbocycles. The Bertz CT molecular complexity index is 4140. The van der Waals surface area contributed by atoms with Crippen LogP contribution in [0.5, 0.6) is 0 Å². The molecule has 0 bridgehead atoms. The lowest BCUT2D eigenvalue weighted by Gasteiger charge is -2.47. The number of aryl methyl sites for hydroxylation is 2. The number of anilines is 9. The first kappa shape index (κ1) is 49.3. The van der Waals surface area contributed by atoms with Crippen LogP contribution in [0, 0.1) is 13.8 Å². The smallest absolute Gasteiger partial charge is 0.297 e. The SMILES string of the molecule is Cc1cccc(N(c2cc3c4c(c2)N(c2cccc5c2sc2ccccc25)c2cc5c(cc2B4c2oc4cc6c(cc4c2N3c2ccc(C(C)(C)C)cc2)C(C)(C)CCC6(C)C)C(C)(C)CCC5(C)C)c2ccccc2C)c1. The van der Waals surface area contributed by atoms with Gasteiger partial charge in [0.05, 0.1) is 27.4 Å². The third-order valence-electron chi connectivity index (χ3n) is 19.1. The van der Waals surface area contributed by atoms with Gasteiger partial charge in [-0.3, -0.25) is 0 Å². The molecular formula is C72H72BN3OS. The van der Waals surface area contributed by atoms with Crippen LogP contribution in [-0.4, -0.2) is 6.71 Å². The zero-order valence-corrected chi connectivity index (χ0v) is 48.8. The van der Waals surface area contributed by atoms with Crippen LogP contribution in [0.2, 0.25) is 0 Å². The maximum atomic E-state index is 7.82. The second kappa shape index (κ2) is 16.8. The molecule has 8 aromatic carbocycles. The molecule has 78 heavy (non-hydrogen) atoms. The van der Waals surface area contributed by atoms with E-state index in [1.54, 1.807) is 0 Å². The van der Waals surface area contributed by atoms with Crippen molar-refractivity contribution in [3.05, 3.63) is 191 Å². The highest BCUT2D eigenvalue weighted by Crippen LogP contribution is 2.56. The molecule has 2 aromatic heterocycles. The molecule has 0 N–H and O–H groups in total. The molecule has 4 aliphatic rings. The van der Waals surface area contributed by atoms with Gasteiger partial charge < -0.3 is 19.1 Å². The van der Waals surface area contributed by atoms with Gasteiger partial charge >= 0.3 is 0 Å². The molecule has 10 aromatic rings. The highest BCUT2D eigenvalue weighted by molar-refractivity contribution is 7.26. The van der Waals surface area contributed by atoms with Crippen molar-refractivity contribution in [3.8, 4) is 0 Å². The van der Waals surface area contributed by atoms with Crippen molar-refractivity contribution >= 4 is 117 Å². The highest BCUT2D eigenvalue weighted by atomic mass is 32.1. The number of nitrogens with zero attached hydrogens (tertiary/aromatic N) is 3. The largest absolute Gasteiger partial charge is 0.468 e. The predicted molar refractivity (Wildman–Crippen MR) is 337 cm³/mol. The minimum atomic E-state index is -0.209. The first-order chi connectivity index (χ1) is 37.1. The van der Waals surface area contributed by atoms with Crippen LogP contribution >= 0.6 is 11.3 Å². The Labute approximate surface area is 466 Å². The average Bonchev–Trinajstić information content (AvgIpc) is 3.31. The average molecular weight is 1040 g/mol. The number of hydrogen-bond donors (Lipinski definition) is 0. The molecule has 0 amide bonds. The minimum Gasteiger partial charge on any atom is -0.468 e. The summed E-state index contributed by atoms with van der Waals surface area (Å²) in [6, 6.07) is 58.8. The Morgan fingerprint density at radius 1 is 0.526 bits per heavy atom. The van der Waals surface area contributed by atoms with Crippen LogP contribution in [0.3, 0.4) is 0 Å². The van der Waals surface area contributed by atoms with Crippen LogP contribution < -0.4 is 31.3 Å². The lowest BCUT2D eigenvalue weighted by molar-refractivity contribution is 0.332. The summed E-state index contributed by atoms with van der Waals surface area (Å²) in [6.45, 7) is 30.9. The van der Waals surface area contributed by atoms with E-state index in [9.17, 15) is 0 Å². The summed E-state index contributed by atoms with van der Waals surface area (Å²) in [6.07, 6.45) is 4.53. The molecule has 0 atom stereocenters. The predicted octanol–water partition coefficient (Wildman–Crippen LogP) is 19.0. The molecular weight excluding hydrogens is 966 g/mol. The van der Waals surface area contributed by atoms with Crippen molar-refractivity contribution in [2.75, 3.05) is 14.7 Å². The Hall–Kier alpha value is -7.02. The number of benzene rings is 8. The molecule has 4 heterocycles. The Morgan fingerprint density at radius 3 is 1.81 bits per heavy atom. The summed E-state index contributed by atoms with van der Waals surface area (Å²) < 4.78 is 10.4. The molecule has 390 valence electrons. The Balaban J connectivity index is 1.18. The van der Waals surface area contributed by atoms with E-state index in [1.165, 1.54) is 98.2 Å². The van der Waals surface area contributed by atoms with Crippen molar-refractivity contribution < 1.29 is 4.42 Å². The minimum absolute atomic E-state index is 0.000158. The fourth-order valence-corrected chi connectivity index (χ4v) is 15.5. The normalized spacial score (nSPS) is 17.4. The number of furan rings is 1. The van der Waals surface area contributed by atoms with Crippen LogP contribution in [0.1, 0.15) is 141 Å². The van der Waals surface area contributed by atoms with Crippen LogP contribution in [-0.2, 0) is 27.1 Å². The summed E-state index contributed by atoms with van der Waals surface area (Å²) in [5, 5.41) is 3.77. The summed E-state index contributed by atoms with van der Waals surface area (Å²) in [5.41, 5.74) is 24.5. The molecule has 0 unspecified atom stereocenters. The van der Waals surface area contributed by atoms with E-state index >= 15 is 0 Å². The van der Waals surface area contributed by atoms with E-state index in [0.29, 0.717) is 0 Å². The molecule has 0 radical (unpaired) electrons. The van der Waals surface area contributed by atoms with Crippen molar-refractivity contribution in [3.63, 3.8) is 0 Å². The third kappa shape index (κ3) is 7.30. The van der Waals surface area contributed by atoms with E-state index in [2.05, 4.69) is 256 Å². The highest BCUT2D eigenvalue weighted by Gasteiger charge is 2.50. The van der Waals surface area contributed by atoms with Crippen molar-refractivity contribution in [1.82, 2.24) is 0 Å². The molecule has 0 saturated heterocycles. The molecule has 2 aliphatic heterocycles. The molecule has 0 fully saturated rings. The molecule has 14 rings (SSSR count).